The Morgan fingerprint density at radius 3 is 2.47 bits per heavy atom. The zero-order valence-corrected chi connectivity index (χ0v) is 8.17. The number of rotatable bonds is 2. The summed E-state index contributed by atoms with van der Waals surface area (Å²) in [7, 11) is 0. The standard InChI is InChI=1S/C10H12F3NO/c1-2-8(14)7-5-6(10(11,12)13)3-4-9(7)15/h3-5,8,15H,2,14H2,1H3. The van der Waals surface area contributed by atoms with Crippen molar-refractivity contribution in [2.45, 2.75) is 25.6 Å². The van der Waals surface area contributed by atoms with Crippen LogP contribution in [0.2, 0.25) is 0 Å². The Morgan fingerprint density at radius 1 is 1.40 bits per heavy atom. The van der Waals surface area contributed by atoms with Crippen molar-refractivity contribution in [3.8, 4) is 5.75 Å². The minimum atomic E-state index is -4.41. The van der Waals surface area contributed by atoms with Gasteiger partial charge in [-0.05, 0) is 24.6 Å². The Bertz CT molecular complexity index is 349. The van der Waals surface area contributed by atoms with Crippen LogP contribution in [-0.4, -0.2) is 5.11 Å². The van der Waals surface area contributed by atoms with Gasteiger partial charge in [0.2, 0.25) is 0 Å². The fourth-order valence-corrected chi connectivity index (χ4v) is 1.25. The molecule has 84 valence electrons. The second-order valence-electron chi connectivity index (χ2n) is 3.29. The molecule has 0 aliphatic heterocycles. The van der Waals surface area contributed by atoms with Gasteiger partial charge in [-0.3, -0.25) is 0 Å². The van der Waals surface area contributed by atoms with E-state index in [0.717, 1.165) is 18.2 Å². The molecule has 0 amide bonds. The van der Waals surface area contributed by atoms with Crippen LogP contribution in [0.4, 0.5) is 13.2 Å². The largest absolute Gasteiger partial charge is 0.508 e. The van der Waals surface area contributed by atoms with E-state index in [4.69, 9.17) is 5.73 Å². The number of alkyl halides is 3. The highest BCUT2D eigenvalue weighted by Gasteiger charge is 2.31. The molecule has 0 radical (unpaired) electrons. The second kappa shape index (κ2) is 4.10. The van der Waals surface area contributed by atoms with Crippen molar-refractivity contribution in [3.63, 3.8) is 0 Å². The van der Waals surface area contributed by atoms with E-state index in [-0.39, 0.29) is 11.3 Å². The molecule has 1 atom stereocenters. The Labute approximate surface area is 85.5 Å². The molecule has 0 heterocycles. The van der Waals surface area contributed by atoms with Crippen molar-refractivity contribution < 1.29 is 18.3 Å². The summed E-state index contributed by atoms with van der Waals surface area (Å²) in [5, 5.41) is 9.35. The molecule has 0 saturated carbocycles. The number of phenols is 1. The third-order valence-corrected chi connectivity index (χ3v) is 2.19. The summed E-state index contributed by atoms with van der Waals surface area (Å²) in [5.74, 6) is -0.197. The summed E-state index contributed by atoms with van der Waals surface area (Å²) < 4.78 is 37.0. The van der Waals surface area contributed by atoms with Crippen molar-refractivity contribution >= 4 is 0 Å². The van der Waals surface area contributed by atoms with E-state index in [1.165, 1.54) is 0 Å². The molecule has 1 aromatic rings. The molecule has 0 aliphatic rings. The first kappa shape index (κ1) is 11.8. The Kier molecular flexibility index (Phi) is 3.24. The van der Waals surface area contributed by atoms with Gasteiger partial charge in [0.15, 0.2) is 0 Å². The highest BCUT2D eigenvalue weighted by molar-refractivity contribution is 5.39. The van der Waals surface area contributed by atoms with Crippen LogP contribution in [0.3, 0.4) is 0 Å². The summed E-state index contributed by atoms with van der Waals surface area (Å²) >= 11 is 0. The molecule has 0 spiro atoms. The average Bonchev–Trinajstić information content (AvgIpc) is 2.15. The van der Waals surface area contributed by atoms with Crippen LogP contribution in [0, 0.1) is 0 Å². The minimum Gasteiger partial charge on any atom is -0.508 e. The fraction of sp³-hybridized carbons (Fsp3) is 0.400. The quantitative estimate of drug-likeness (QED) is 0.803. The van der Waals surface area contributed by atoms with Gasteiger partial charge in [-0.2, -0.15) is 13.2 Å². The van der Waals surface area contributed by atoms with E-state index in [1.807, 2.05) is 0 Å². The van der Waals surface area contributed by atoms with Crippen LogP contribution in [0.25, 0.3) is 0 Å². The van der Waals surface area contributed by atoms with Crippen LogP contribution in [0.5, 0.6) is 5.75 Å². The number of phenolic OH excluding ortho intramolecular Hbond substituents is 1. The number of aromatic hydroxyl groups is 1. The van der Waals surface area contributed by atoms with Gasteiger partial charge < -0.3 is 10.8 Å². The number of nitrogens with two attached hydrogens (primary N) is 1. The van der Waals surface area contributed by atoms with E-state index in [9.17, 15) is 18.3 Å². The molecule has 15 heavy (non-hydrogen) atoms. The number of halogens is 3. The summed E-state index contributed by atoms with van der Waals surface area (Å²) in [6.45, 7) is 1.74. The zero-order valence-electron chi connectivity index (χ0n) is 8.17. The predicted molar refractivity (Wildman–Crippen MR) is 50.3 cm³/mol. The van der Waals surface area contributed by atoms with Gasteiger partial charge in [0.05, 0.1) is 5.56 Å². The molecule has 0 saturated heterocycles. The van der Waals surface area contributed by atoms with Gasteiger partial charge in [-0.25, -0.2) is 0 Å². The van der Waals surface area contributed by atoms with Gasteiger partial charge in [0.1, 0.15) is 5.75 Å². The second-order valence-corrected chi connectivity index (χ2v) is 3.29. The number of hydrogen-bond acceptors (Lipinski definition) is 2. The van der Waals surface area contributed by atoms with E-state index in [1.54, 1.807) is 6.92 Å². The lowest BCUT2D eigenvalue weighted by Gasteiger charge is -2.14. The molecule has 0 fully saturated rings. The maximum absolute atomic E-state index is 12.3. The highest BCUT2D eigenvalue weighted by Crippen LogP contribution is 2.34. The molecule has 1 aromatic carbocycles. The van der Waals surface area contributed by atoms with Crippen LogP contribution < -0.4 is 5.73 Å². The SMILES string of the molecule is CCC(N)c1cc(C(F)(F)F)ccc1O. The molecule has 3 N–H and O–H groups in total. The molecule has 0 aliphatic carbocycles. The Hall–Kier alpha value is -1.23. The predicted octanol–water partition coefficient (Wildman–Crippen LogP) is 2.82. The summed E-state index contributed by atoms with van der Waals surface area (Å²) in [6.07, 6.45) is -3.94. The lowest BCUT2D eigenvalue weighted by molar-refractivity contribution is -0.137. The van der Waals surface area contributed by atoms with Crippen molar-refractivity contribution in [2.24, 2.45) is 5.73 Å². The first-order valence-corrected chi connectivity index (χ1v) is 4.52. The van der Waals surface area contributed by atoms with Crippen LogP contribution in [0.15, 0.2) is 18.2 Å². The van der Waals surface area contributed by atoms with Gasteiger partial charge in [0, 0.05) is 11.6 Å². The summed E-state index contributed by atoms with van der Waals surface area (Å²) in [6, 6.07) is 2.17. The van der Waals surface area contributed by atoms with Gasteiger partial charge in [0.25, 0.3) is 0 Å². The number of hydrogen-bond donors (Lipinski definition) is 2. The zero-order chi connectivity index (χ0) is 11.6. The molecule has 5 heteroatoms. The van der Waals surface area contributed by atoms with E-state index in [2.05, 4.69) is 0 Å². The lowest BCUT2D eigenvalue weighted by atomic mass is 10.0. The topological polar surface area (TPSA) is 46.2 Å². The van der Waals surface area contributed by atoms with Crippen LogP contribution >= 0.6 is 0 Å². The summed E-state index contributed by atoms with van der Waals surface area (Å²) in [4.78, 5) is 0. The molecule has 1 rings (SSSR count). The molecule has 0 bridgehead atoms. The minimum absolute atomic E-state index is 0.132. The third-order valence-electron chi connectivity index (χ3n) is 2.19. The van der Waals surface area contributed by atoms with Crippen molar-refractivity contribution in [3.05, 3.63) is 29.3 Å². The van der Waals surface area contributed by atoms with E-state index >= 15 is 0 Å². The third kappa shape index (κ3) is 2.62. The van der Waals surface area contributed by atoms with Crippen LogP contribution in [0.1, 0.15) is 30.5 Å². The normalized spacial score (nSPS) is 13.9. The first-order chi connectivity index (χ1) is 6.86. The number of benzene rings is 1. The monoisotopic (exact) mass is 219 g/mol. The van der Waals surface area contributed by atoms with Crippen molar-refractivity contribution in [1.29, 1.82) is 0 Å². The smallest absolute Gasteiger partial charge is 0.416 e. The average molecular weight is 219 g/mol. The molecular formula is C10H12F3NO. The van der Waals surface area contributed by atoms with Crippen molar-refractivity contribution in [1.82, 2.24) is 0 Å². The Balaban J connectivity index is 3.17. The highest BCUT2D eigenvalue weighted by atomic mass is 19.4. The summed E-state index contributed by atoms with van der Waals surface area (Å²) in [5.41, 5.74) is 4.92. The van der Waals surface area contributed by atoms with E-state index in [0.29, 0.717) is 6.42 Å². The van der Waals surface area contributed by atoms with E-state index < -0.39 is 17.8 Å². The maximum Gasteiger partial charge on any atom is 0.416 e. The fourth-order valence-electron chi connectivity index (χ4n) is 1.25. The lowest BCUT2D eigenvalue weighted by Crippen LogP contribution is -2.11. The maximum atomic E-state index is 12.3. The van der Waals surface area contributed by atoms with Crippen molar-refractivity contribution in [2.75, 3.05) is 0 Å². The van der Waals surface area contributed by atoms with Gasteiger partial charge in [-0.15, -0.1) is 0 Å². The first-order valence-electron chi connectivity index (χ1n) is 4.52. The van der Waals surface area contributed by atoms with Gasteiger partial charge >= 0.3 is 6.18 Å². The van der Waals surface area contributed by atoms with Gasteiger partial charge in [-0.1, -0.05) is 6.92 Å². The molecule has 0 aromatic heterocycles. The Morgan fingerprint density at radius 2 is 2.00 bits per heavy atom. The van der Waals surface area contributed by atoms with Crippen LogP contribution in [-0.2, 0) is 6.18 Å². The molecule has 1 unspecified atom stereocenters. The molecule has 2 nitrogen and oxygen atoms in total. The molecular weight excluding hydrogens is 207 g/mol.